The summed E-state index contributed by atoms with van der Waals surface area (Å²) in [4.78, 5) is -0.975. The van der Waals surface area contributed by atoms with Crippen LogP contribution >= 0.6 is 11.6 Å². The molecule has 0 radical (unpaired) electrons. The van der Waals surface area contributed by atoms with E-state index in [1.165, 1.54) is 0 Å². The van der Waals surface area contributed by atoms with Crippen molar-refractivity contribution in [2.75, 3.05) is 11.6 Å². The minimum Gasteiger partial charge on any atom is -0.282 e. The van der Waals surface area contributed by atoms with Crippen molar-refractivity contribution in [3.05, 3.63) is 71.9 Å². The number of hydrazine groups is 1. The first kappa shape index (κ1) is 13.2. The highest BCUT2D eigenvalue weighted by Crippen LogP contribution is 2.48. The Morgan fingerprint density at radius 1 is 1.09 bits per heavy atom. The molecule has 4 heteroatoms. The molecular weight excluding hydrogens is 294 g/mol. The van der Waals surface area contributed by atoms with Crippen molar-refractivity contribution < 1.29 is 0 Å². The van der Waals surface area contributed by atoms with E-state index in [0.717, 1.165) is 16.8 Å². The summed E-state index contributed by atoms with van der Waals surface area (Å²) in [5.74, 6) is 0. The Hall–Kier alpha value is -2.44. The highest BCUT2D eigenvalue weighted by Gasteiger charge is 2.52. The molecule has 0 aliphatic carbocycles. The highest BCUT2D eigenvalue weighted by atomic mass is 35.5. The van der Waals surface area contributed by atoms with Crippen LogP contribution in [0.25, 0.3) is 6.08 Å². The minimum absolute atomic E-state index is 0.180. The van der Waals surface area contributed by atoms with Gasteiger partial charge in [-0.1, -0.05) is 54.1 Å². The normalized spacial score (nSPS) is 25.5. The number of hydrogen-bond acceptors (Lipinski definition) is 3. The minimum atomic E-state index is -0.975. The first-order valence-corrected chi connectivity index (χ1v) is 7.59. The predicted molar refractivity (Wildman–Crippen MR) is 88.0 cm³/mol. The van der Waals surface area contributed by atoms with Gasteiger partial charge in [0.05, 0.1) is 18.3 Å². The van der Waals surface area contributed by atoms with Crippen LogP contribution in [-0.4, -0.2) is 16.4 Å². The number of halogens is 1. The monoisotopic (exact) mass is 307 g/mol. The van der Waals surface area contributed by atoms with Gasteiger partial charge in [-0.3, -0.25) is 10.0 Å². The third kappa shape index (κ3) is 1.81. The SMILES string of the molecule is N#C[C@]1(Cl)CN(c2ccccc2)N2C=Cc3ccccc3[C@@H]21. The molecule has 108 valence electrons. The molecule has 0 saturated carbocycles. The second-order valence-corrected chi connectivity index (χ2v) is 6.27. The van der Waals surface area contributed by atoms with Gasteiger partial charge in [-0.25, -0.2) is 0 Å². The molecule has 0 N–H and O–H groups in total. The zero-order valence-electron chi connectivity index (χ0n) is 11.9. The summed E-state index contributed by atoms with van der Waals surface area (Å²) < 4.78 is 0. The van der Waals surface area contributed by atoms with E-state index < -0.39 is 4.87 Å². The molecule has 2 aliphatic rings. The largest absolute Gasteiger partial charge is 0.282 e. The zero-order valence-corrected chi connectivity index (χ0v) is 12.6. The Morgan fingerprint density at radius 3 is 2.59 bits per heavy atom. The Labute approximate surface area is 134 Å². The van der Waals surface area contributed by atoms with Gasteiger partial charge in [-0.15, -0.1) is 0 Å². The van der Waals surface area contributed by atoms with Crippen LogP contribution in [0.1, 0.15) is 17.2 Å². The van der Waals surface area contributed by atoms with Crippen LogP contribution in [0, 0.1) is 11.3 Å². The standard InChI is InChI=1S/C18H14ClN3/c19-18(12-20)13-22(15-7-2-1-3-8-15)21-11-10-14-6-4-5-9-16(14)17(18)21/h1-11,17H,13H2/t17-,18+/m1/s1. The highest BCUT2D eigenvalue weighted by molar-refractivity contribution is 6.27. The Balaban J connectivity index is 1.85. The summed E-state index contributed by atoms with van der Waals surface area (Å²) in [6.07, 6.45) is 4.09. The summed E-state index contributed by atoms with van der Waals surface area (Å²) in [6.45, 7) is 0.457. The summed E-state index contributed by atoms with van der Waals surface area (Å²) in [5, 5.41) is 13.8. The number of benzene rings is 2. The molecule has 4 rings (SSSR count). The first-order chi connectivity index (χ1) is 10.7. The van der Waals surface area contributed by atoms with Gasteiger partial charge in [0.25, 0.3) is 0 Å². The molecule has 0 bridgehead atoms. The van der Waals surface area contributed by atoms with E-state index >= 15 is 0 Å². The van der Waals surface area contributed by atoms with Gasteiger partial charge < -0.3 is 0 Å². The predicted octanol–water partition coefficient (Wildman–Crippen LogP) is 3.95. The maximum atomic E-state index is 9.70. The van der Waals surface area contributed by atoms with Gasteiger partial charge >= 0.3 is 0 Å². The molecule has 2 aliphatic heterocycles. The van der Waals surface area contributed by atoms with Crippen molar-refractivity contribution in [2.24, 2.45) is 0 Å². The number of fused-ring (bicyclic) bond motifs is 3. The Morgan fingerprint density at radius 2 is 1.82 bits per heavy atom. The van der Waals surface area contributed by atoms with Crippen LogP contribution in [-0.2, 0) is 0 Å². The van der Waals surface area contributed by atoms with Crippen LogP contribution in [0.3, 0.4) is 0 Å². The molecule has 0 amide bonds. The smallest absolute Gasteiger partial charge is 0.176 e. The molecule has 3 nitrogen and oxygen atoms in total. The number of hydrogen-bond donors (Lipinski definition) is 0. The van der Waals surface area contributed by atoms with E-state index in [9.17, 15) is 5.26 Å². The van der Waals surface area contributed by atoms with Crippen LogP contribution in [0.4, 0.5) is 5.69 Å². The topological polar surface area (TPSA) is 30.3 Å². The summed E-state index contributed by atoms with van der Waals surface area (Å²) in [5.41, 5.74) is 3.26. The van der Waals surface area contributed by atoms with E-state index in [0.29, 0.717) is 6.54 Å². The van der Waals surface area contributed by atoms with Crippen molar-refractivity contribution in [3.63, 3.8) is 0 Å². The van der Waals surface area contributed by atoms with Gasteiger partial charge in [0, 0.05) is 6.20 Å². The number of rotatable bonds is 1. The lowest BCUT2D eigenvalue weighted by Gasteiger charge is -2.36. The second kappa shape index (κ2) is 4.79. The lowest BCUT2D eigenvalue weighted by Crippen LogP contribution is -2.35. The van der Waals surface area contributed by atoms with Crippen molar-refractivity contribution in [3.8, 4) is 6.07 Å². The van der Waals surface area contributed by atoms with Crippen molar-refractivity contribution in [2.45, 2.75) is 10.9 Å². The van der Waals surface area contributed by atoms with Crippen LogP contribution in [0.5, 0.6) is 0 Å². The molecule has 1 fully saturated rings. The van der Waals surface area contributed by atoms with Crippen molar-refractivity contribution in [1.29, 1.82) is 5.26 Å². The van der Waals surface area contributed by atoms with Gasteiger partial charge in [0.15, 0.2) is 4.87 Å². The van der Waals surface area contributed by atoms with Crippen LogP contribution < -0.4 is 5.01 Å². The maximum Gasteiger partial charge on any atom is 0.176 e. The number of alkyl halides is 1. The van der Waals surface area contributed by atoms with Crippen LogP contribution in [0.2, 0.25) is 0 Å². The van der Waals surface area contributed by atoms with E-state index in [1.807, 2.05) is 48.7 Å². The summed E-state index contributed by atoms with van der Waals surface area (Å²) in [6, 6.07) is 20.3. The molecular formula is C18H14ClN3. The number of nitriles is 1. The Bertz CT molecular complexity index is 780. The molecule has 2 aromatic carbocycles. The third-order valence-electron chi connectivity index (χ3n) is 4.29. The second-order valence-electron chi connectivity index (χ2n) is 5.59. The fraction of sp³-hybridized carbons (Fsp3) is 0.167. The number of para-hydroxylation sites is 1. The van der Waals surface area contributed by atoms with Crippen molar-refractivity contribution in [1.82, 2.24) is 5.01 Å². The van der Waals surface area contributed by atoms with E-state index in [1.54, 1.807) is 0 Å². The third-order valence-corrected chi connectivity index (χ3v) is 4.70. The van der Waals surface area contributed by atoms with Gasteiger partial charge in [-0.05, 0) is 29.3 Å². The molecule has 22 heavy (non-hydrogen) atoms. The molecule has 0 unspecified atom stereocenters. The lowest BCUT2D eigenvalue weighted by atomic mass is 9.89. The molecule has 1 saturated heterocycles. The molecule has 0 aromatic heterocycles. The fourth-order valence-corrected chi connectivity index (χ4v) is 3.61. The lowest BCUT2D eigenvalue weighted by molar-refractivity contribution is 0.318. The molecule has 2 aromatic rings. The molecule has 0 spiro atoms. The summed E-state index contributed by atoms with van der Waals surface area (Å²) >= 11 is 6.72. The molecule has 2 heterocycles. The van der Waals surface area contributed by atoms with Crippen LogP contribution in [0.15, 0.2) is 60.8 Å². The first-order valence-electron chi connectivity index (χ1n) is 7.21. The number of anilines is 1. The van der Waals surface area contributed by atoms with Gasteiger partial charge in [0.2, 0.25) is 0 Å². The van der Waals surface area contributed by atoms with E-state index in [2.05, 4.69) is 34.3 Å². The molecule has 2 atom stereocenters. The average molecular weight is 308 g/mol. The maximum absolute atomic E-state index is 9.70. The van der Waals surface area contributed by atoms with E-state index in [4.69, 9.17) is 11.6 Å². The van der Waals surface area contributed by atoms with Gasteiger partial charge in [-0.2, -0.15) is 5.26 Å². The van der Waals surface area contributed by atoms with E-state index in [-0.39, 0.29) is 6.04 Å². The van der Waals surface area contributed by atoms with Crippen molar-refractivity contribution >= 4 is 23.4 Å². The fourth-order valence-electron chi connectivity index (χ4n) is 3.28. The zero-order chi connectivity index (χ0) is 15.2. The average Bonchev–Trinajstić information content (AvgIpc) is 2.90. The summed E-state index contributed by atoms with van der Waals surface area (Å²) in [7, 11) is 0. The quantitative estimate of drug-likeness (QED) is 0.747. The Kier molecular flexibility index (Phi) is 2.88. The number of nitrogens with zero attached hydrogens (tertiary/aromatic N) is 3. The van der Waals surface area contributed by atoms with Gasteiger partial charge in [0.1, 0.15) is 6.04 Å².